The SMILES string of the molecule is C1=C[Si]C=C1.c1ccc2cc3cc4ncccc4cc3cc2c1. The van der Waals surface area contributed by atoms with Crippen molar-refractivity contribution in [2.45, 2.75) is 0 Å². The molecule has 1 aliphatic heterocycles. The lowest BCUT2D eigenvalue weighted by atomic mass is 10.0. The third-order valence-electron chi connectivity index (χ3n) is 3.92. The van der Waals surface area contributed by atoms with Crippen molar-refractivity contribution in [2.75, 3.05) is 0 Å². The van der Waals surface area contributed by atoms with Crippen LogP contribution in [0.2, 0.25) is 0 Å². The largest absolute Gasteiger partial charge is 0.256 e. The van der Waals surface area contributed by atoms with Crippen molar-refractivity contribution in [1.82, 2.24) is 4.98 Å². The van der Waals surface area contributed by atoms with Crippen molar-refractivity contribution in [3.05, 3.63) is 90.4 Å². The van der Waals surface area contributed by atoms with Crippen LogP contribution in [0.5, 0.6) is 0 Å². The van der Waals surface area contributed by atoms with Gasteiger partial charge in [0.2, 0.25) is 0 Å². The molecule has 2 heteroatoms. The van der Waals surface area contributed by atoms with Crippen molar-refractivity contribution < 1.29 is 0 Å². The molecular weight excluding hydrogens is 294 g/mol. The first-order valence-electron chi connectivity index (χ1n) is 7.65. The molecule has 0 aliphatic carbocycles. The van der Waals surface area contributed by atoms with E-state index in [0.29, 0.717) is 0 Å². The van der Waals surface area contributed by atoms with Gasteiger partial charge in [-0.3, -0.25) is 4.98 Å². The Kier molecular flexibility index (Phi) is 3.74. The van der Waals surface area contributed by atoms with Gasteiger partial charge >= 0.3 is 0 Å². The van der Waals surface area contributed by atoms with Crippen LogP contribution in [0.1, 0.15) is 0 Å². The molecule has 0 atom stereocenters. The topological polar surface area (TPSA) is 12.9 Å². The van der Waals surface area contributed by atoms with Gasteiger partial charge in [-0.25, -0.2) is 0 Å². The summed E-state index contributed by atoms with van der Waals surface area (Å²) in [5.41, 5.74) is 5.36. The summed E-state index contributed by atoms with van der Waals surface area (Å²) in [6.07, 6.45) is 5.98. The minimum atomic E-state index is 0.948. The number of hydrogen-bond donors (Lipinski definition) is 0. The zero-order valence-electron chi connectivity index (χ0n) is 12.6. The lowest BCUT2D eigenvalue weighted by molar-refractivity contribution is 1.42. The van der Waals surface area contributed by atoms with Gasteiger partial charge in [0.05, 0.1) is 5.52 Å². The van der Waals surface area contributed by atoms with E-state index >= 15 is 0 Å². The molecule has 1 nitrogen and oxygen atoms in total. The van der Waals surface area contributed by atoms with Crippen LogP contribution in [0.25, 0.3) is 32.4 Å². The minimum Gasteiger partial charge on any atom is -0.256 e. The van der Waals surface area contributed by atoms with Gasteiger partial charge in [0.1, 0.15) is 9.52 Å². The molecule has 0 unspecified atom stereocenters. The Labute approximate surface area is 137 Å². The number of nitrogens with zero attached hydrogens (tertiary/aromatic N) is 1. The molecule has 0 N–H and O–H groups in total. The number of allylic oxidation sites excluding steroid dienone is 2. The number of aromatic nitrogens is 1. The van der Waals surface area contributed by atoms with Crippen molar-refractivity contribution in [1.29, 1.82) is 0 Å². The van der Waals surface area contributed by atoms with Crippen molar-refractivity contribution in [3.8, 4) is 0 Å². The predicted molar refractivity (Wildman–Crippen MR) is 101 cm³/mol. The molecule has 2 radical (unpaired) electrons. The van der Waals surface area contributed by atoms with E-state index < -0.39 is 0 Å². The molecule has 0 saturated heterocycles. The second-order valence-electron chi connectivity index (χ2n) is 5.48. The average Bonchev–Trinajstić information content (AvgIpc) is 3.18. The highest BCUT2D eigenvalue weighted by Crippen LogP contribution is 2.26. The summed E-state index contributed by atoms with van der Waals surface area (Å²) in [6.45, 7) is 0. The highest BCUT2D eigenvalue weighted by atomic mass is 28.2. The van der Waals surface area contributed by atoms with E-state index in [-0.39, 0.29) is 0 Å². The Hall–Kier alpha value is -2.71. The Morgan fingerprint density at radius 2 is 1.22 bits per heavy atom. The lowest BCUT2D eigenvalue weighted by Gasteiger charge is -2.04. The molecular formula is C21H15NSi. The zero-order valence-corrected chi connectivity index (χ0v) is 13.6. The predicted octanol–water partition coefficient (Wildman–Crippen LogP) is 5.27. The normalized spacial score (nSPS) is 12.7. The van der Waals surface area contributed by atoms with Crippen molar-refractivity contribution in [3.63, 3.8) is 0 Å². The molecule has 1 aromatic heterocycles. The molecule has 1 aliphatic rings. The van der Waals surface area contributed by atoms with Crippen molar-refractivity contribution >= 4 is 42.0 Å². The maximum atomic E-state index is 4.41. The fraction of sp³-hybridized carbons (Fsp3) is 0. The van der Waals surface area contributed by atoms with Gasteiger partial charge in [-0.1, -0.05) is 53.9 Å². The van der Waals surface area contributed by atoms with Crippen LogP contribution in [0.15, 0.2) is 90.4 Å². The molecule has 4 aromatic rings. The third-order valence-corrected chi connectivity index (χ3v) is 4.69. The summed E-state index contributed by atoms with van der Waals surface area (Å²) >= 11 is 0. The molecule has 0 amide bonds. The summed E-state index contributed by atoms with van der Waals surface area (Å²) in [6, 6.07) is 21.4. The standard InChI is InChI=1S/C17H11N.C4H4Si/c1-2-5-13-9-16-11-17-14(6-3-7-18-17)10-15(16)8-12(13)4-1;1-2-4-5-3-1/h1-11H;1-4H. The number of benzene rings is 3. The fourth-order valence-electron chi connectivity index (χ4n) is 2.79. The molecule has 0 bridgehead atoms. The fourth-order valence-corrected chi connectivity index (χ4v) is 3.35. The maximum absolute atomic E-state index is 4.41. The Balaban J connectivity index is 0.000000233. The van der Waals surface area contributed by atoms with Gasteiger partial charge in [0.25, 0.3) is 0 Å². The van der Waals surface area contributed by atoms with Gasteiger partial charge in [0, 0.05) is 11.6 Å². The van der Waals surface area contributed by atoms with Crippen LogP contribution < -0.4 is 0 Å². The quantitative estimate of drug-likeness (QED) is 0.318. The zero-order chi connectivity index (χ0) is 15.5. The summed E-state index contributed by atoms with van der Waals surface area (Å²) in [7, 11) is 0.948. The van der Waals surface area contributed by atoms with Crippen LogP contribution in [0, 0.1) is 0 Å². The molecule has 5 rings (SSSR count). The molecule has 3 aromatic carbocycles. The molecule has 108 valence electrons. The first-order chi connectivity index (χ1) is 11.4. The number of fused-ring (bicyclic) bond motifs is 3. The second kappa shape index (κ2) is 6.19. The summed E-state index contributed by atoms with van der Waals surface area (Å²) in [5.74, 6) is 0. The van der Waals surface area contributed by atoms with Gasteiger partial charge in [-0.15, -0.1) is 0 Å². The molecule has 23 heavy (non-hydrogen) atoms. The summed E-state index contributed by atoms with van der Waals surface area (Å²) < 4.78 is 0. The number of rotatable bonds is 0. The minimum absolute atomic E-state index is 0.948. The smallest absolute Gasteiger partial charge is 0.101 e. The van der Waals surface area contributed by atoms with E-state index in [1.807, 2.05) is 12.3 Å². The van der Waals surface area contributed by atoms with Gasteiger partial charge in [0.15, 0.2) is 0 Å². The Morgan fingerprint density at radius 1 is 0.609 bits per heavy atom. The average molecular weight is 309 g/mol. The Bertz CT molecular complexity index is 893. The van der Waals surface area contributed by atoms with Gasteiger partial charge < -0.3 is 0 Å². The van der Waals surface area contributed by atoms with Crippen LogP contribution in [0.3, 0.4) is 0 Å². The molecule has 2 heterocycles. The highest BCUT2D eigenvalue weighted by Gasteiger charge is 2.00. The van der Waals surface area contributed by atoms with Crippen LogP contribution >= 0.6 is 0 Å². The lowest BCUT2D eigenvalue weighted by Crippen LogP contribution is -1.80. The summed E-state index contributed by atoms with van der Waals surface area (Å²) in [5, 5.41) is 6.28. The van der Waals surface area contributed by atoms with Gasteiger partial charge in [-0.05, 0) is 51.9 Å². The summed E-state index contributed by atoms with van der Waals surface area (Å²) in [4.78, 5) is 4.41. The molecule has 0 spiro atoms. The Morgan fingerprint density at radius 3 is 1.87 bits per heavy atom. The van der Waals surface area contributed by atoms with E-state index in [0.717, 1.165) is 15.0 Å². The molecule has 0 fully saturated rings. The van der Waals surface area contributed by atoms with Crippen LogP contribution in [0.4, 0.5) is 0 Å². The maximum Gasteiger partial charge on any atom is 0.101 e. The van der Waals surface area contributed by atoms with Crippen molar-refractivity contribution in [2.24, 2.45) is 0 Å². The van der Waals surface area contributed by atoms with E-state index in [1.54, 1.807) is 0 Å². The van der Waals surface area contributed by atoms with Gasteiger partial charge in [-0.2, -0.15) is 0 Å². The van der Waals surface area contributed by atoms with E-state index in [4.69, 9.17) is 0 Å². The van der Waals surface area contributed by atoms with Crippen LogP contribution in [-0.4, -0.2) is 14.5 Å². The third kappa shape index (κ3) is 2.94. The molecule has 0 saturated carbocycles. The first-order valence-corrected chi connectivity index (χ1v) is 8.81. The van der Waals surface area contributed by atoms with E-state index in [2.05, 4.69) is 83.1 Å². The number of hydrogen-bond acceptors (Lipinski definition) is 1. The van der Waals surface area contributed by atoms with E-state index in [9.17, 15) is 0 Å². The first kappa shape index (κ1) is 13.9. The number of pyridine rings is 1. The second-order valence-corrected chi connectivity index (χ2v) is 6.48. The monoisotopic (exact) mass is 309 g/mol. The van der Waals surface area contributed by atoms with E-state index in [1.165, 1.54) is 26.9 Å². The van der Waals surface area contributed by atoms with Crippen LogP contribution in [-0.2, 0) is 0 Å². The highest BCUT2D eigenvalue weighted by molar-refractivity contribution is 6.49.